The number of nitrogens with zero attached hydrogens (tertiary/aromatic N) is 2. The van der Waals surface area contributed by atoms with Gasteiger partial charge in [0.15, 0.2) is 0 Å². The molecule has 2 aliphatic heterocycles. The van der Waals surface area contributed by atoms with Crippen LogP contribution in [0.1, 0.15) is 45.4 Å². The Morgan fingerprint density at radius 3 is 2.42 bits per heavy atom. The minimum Gasteiger partial charge on any atom is -0.349 e. The van der Waals surface area contributed by atoms with Gasteiger partial charge in [0, 0.05) is 45.2 Å². The second-order valence-electron chi connectivity index (χ2n) is 6.28. The molecule has 0 aromatic rings. The van der Waals surface area contributed by atoms with Crippen LogP contribution >= 0.6 is 0 Å². The van der Waals surface area contributed by atoms with Crippen LogP contribution in [0.4, 0.5) is 0 Å². The Balaban J connectivity index is 1.80. The molecule has 0 aromatic heterocycles. The van der Waals surface area contributed by atoms with Crippen molar-refractivity contribution in [1.82, 2.24) is 15.1 Å². The molecule has 2 bridgehead atoms. The zero-order valence-electron chi connectivity index (χ0n) is 12.7. The molecule has 2 rings (SSSR count). The van der Waals surface area contributed by atoms with Gasteiger partial charge in [-0.15, -0.1) is 0 Å². The van der Waals surface area contributed by atoms with Crippen LogP contribution in [-0.4, -0.2) is 61.0 Å². The van der Waals surface area contributed by atoms with Gasteiger partial charge in [0.1, 0.15) is 0 Å². The lowest BCUT2D eigenvalue weighted by molar-refractivity contribution is -0.129. The average molecular weight is 267 g/mol. The van der Waals surface area contributed by atoms with E-state index < -0.39 is 0 Å². The number of hydrogen-bond donors (Lipinski definition) is 1. The van der Waals surface area contributed by atoms with E-state index in [9.17, 15) is 4.79 Å². The first-order valence-electron chi connectivity index (χ1n) is 7.81. The van der Waals surface area contributed by atoms with Crippen molar-refractivity contribution in [3.05, 3.63) is 0 Å². The van der Waals surface area contributed by atoms with Crippen molar-refractivity contribution in [3.8, 4) is 0 Å². The molecule has 2 aliphatic rings. The standard InChI is InChI=1S/C15H29N3O/c1-4-8-16-12-10-13-5-6-14(11-12)18(13)9-7-15(19)17(2)3/h12-14,16H,4-11H2,1-3H3. The third-order valence-corrected chi connectivity index (χ3v) is 4.65. The van der Waals surface area contributed by atoms with Gasteiger partial charge in [0.2, 0.25) is 5.91 Å². The van der Waals surface area contributed by atoms with Gasteiger partial charge in [-0.3, -0.25) is 9.69 Å². The van der Waals surface area contributed by atoms with E-state index in [0.29, 0.717) is 24.5 Å². The predicted molar refractivity (Wildman–Crippen MR) is 78.1 cm³/mol. The van der Waals surface area contributed by atoms with Crippen LogP contribution in [0, 0.1) is 0 Å². The summed E-state index contributed by atoms with van der Waals surface area (Å²) in [5.41, 5.74) is 0. The molecule has 0 radical (unpaired) electrons. The first-order valence-corrected chi connectivity index (χ1v) is 7.81. The molecular formula is C15H29N3O. The highest BCUT2D eigenvalue weighted by Gasteiger charge is 2.40. The molecule has 110 valence electrons. The Kier molecular flexibility index (Phi) is 5.22. The highest BCUT2D eigenvalue weighted by atomic mass is 16.2. The first kappa shape index (κ1) is 14.8. The fourth-order valence-corrected chi connectivity index (χ4v) is 3.60. The van der Waals surface area contributed by atoms with Gasteiger partial charge in [-0.2, -0.15) is 0 Å². The Morgan fingerprint density at radius 1 is 1.26 bits per heavy atom. The van der Waals surface area contributed by atoms with Crippen LogP contribution in [0.5, 0.6) is 0 Å². The Labute approximate surface area is 117 Å². The van der Waals surface area contributed by atoms with Crippen LogP contribution in [0.15, 0.2) is 0 Å². The number of carbonyl (C=O) groups is 1. The number of rotatable bonds is 6. The maximum Gasteiger partial charge on any atom is 0.223 e. The third kappa shape index (κ3) is 3.69. The topological polar surface area (TPSA) is 35.6 Å². The van der Waals surface area contributed by atoms with Crippen molar-refractivity contribution in [2.45, 2.75) is 63.6 Å². The zero-order chi connectivity index (χ0) is 13.8. The second kappa shape index (κ2) is 6.71. The number of hydrogen-bond acceptors (Lipinski definition) is 3. The molecule has 0 spiro atoms. The van der Waals surface area contributed by atoms with Crippen LogP contribution in [0.25, 0.3) is 0 Å². The lowest BCUT2D eigenvalue weighted by Crippen LogP contribution is -2.50. The smallest absolute Gasteiger partial charge is 0.223 e. The highest BCUT2D eigenvalue weighted by Crippen LogP contribution is 2.35. The fourth-order valence-electron chi connectivity index (χ4n) is 3.60. The summed E-state index contributed by atoms with van der Waals surface area (Å²) in [5.74, 6) is 0.255. The molecule has 1 amide bonds. The van der Waals surface area contributed by atoms with Crippen LogP contribution in [0.2, 0.25) is 0 Å². The van der Waals surface area contributed by atoms with Crippen molar-refractivity contribution < 1.29 is 4.79 Å². The Hall–Kier alpha value is -0.610. The maximum absolute atomic E-state index is 11.7. The Bertz CT molecular complexity index is 292. The van der Waals surface area contributed by atoms with E-state index in [2.05, 4.69) is 17.1 Å². The number of carbonyl (C=O) groups excluding carboxylic acids is 1. The summed E-state index contributed by atoms with van der Waals surface area (Å²) in [6.45, 7) is 4.32. The van der Waals surface area contributed by atoms with Crippen LogP contribution in [0.3, 0.4) is 0 Å². The fraction of sp³-hybridized carbons (Fsp3) is 0.933. The van der Waals surface area contributed by atoms with Gasteiger partial charge in [-0.05, 0) is 38.6 Å². The molecule has 0 aromatic carbocycles. The summed E-state index contributed by atoms with van der Waals surface area (Å²) in [6, 6.07) is 2.13. The maximum atomic E-state index is 11.7. The summed E-state index contributed by atoms with van der Waals surface area (Å²) >= 11 is 0. The molecule has 2 fully saturated rings. The SMILES string of the molecule is CCCNC1CC2CCC(C1)N2CCC(=O)N(C)C. The van der Waals surface area contributed by atoms with Gasteiger partial charge in [-0.1, -0.05) is 6.92 Å². The van der Waals surface area contributed by atoms with E-state index in [0.717, 1.165) is 13.1 Å². The van der Waals surface area contributed by atoms with Gasteiger partial charge in [0.25, 0.3) is 0 Å². The quantitative estimate of drug-likeness (QED) is 0.791. The van der Waals surface area contributed by atoms with Gasteiger partial charge in [-0.25, -0.2) is 0 Å². The minimum atomic E-state index is 0.255. The van der Waals surface area contributed by atoms with E-state index in [1.165, 1.54) is 32.1 Å². The number of fused-ring (bicyclic) bond motifs is 2. The monoisotopic (exact) mass is 267 g/mol. The predicted octanol–water partition coefficient (Wildman–Crippen LogP) is 1.46. The van der Waals surface area contributed by atoms with Crippen LogP contribution in [-0.2, 0) is 4.79 Å². The highest BCUT2D eigenvalue weighted by molar-refractivity contribution is 5.75. The van der Waals surface area contributed by atoms with Gasteiger partial charge < -0.3 is 10.2 Å². The largest absolute Gasteiger partial charge is 0.349 e. The van der Waals surface area contributed by atoms with Crippen LogP contribution < -0.4 is 5.32 Å². The summed E-state index contributed by atoms with van der Waals surface area (Å²) in [6.07, 6.45) is 7.08. The molecule has 0 saturated carbocycles. The third-order valence-electron chi connectivity index (χ3n) is 4.65. The van der Waals surface area contributed by atoms with E-state index in [1.54, 1.807) is 4.90 Å². The molecule has 2 saturated heterocycles. The first-order chi connectivity index (χ1) is 9.11. The number of nitrogens with one attached hydrogen (secondary N) is 1. The van der Waals surface area contributed by atoms with Crippen molar-refractivity contribution >= 4 is 5.91 Å². The molecule has 2 heterocycles. The van der Waals surface area contributed by atoms with Crippen molar-refractivity contribution in [1.29, 1.82) is 0 Å². The molecule has 1 N–H and O–H groups in total. The summed E-state index contributed by atoms with van der Waals surface area (Å²) in [7, 11) is 3.69. The molecular weight excluding hydrogens is 238 g/mol. The molecule has 2 atom stereocenters. The van der Waals surface area contributed by atoms with Gasteiger partial charge >= 0.3 is 0 Å². The zero-order valence-corrected chi connectivity index (χ0v) is 12.7. The minimum absolute atomic E-state index is 0.255. The van der Waals surface area contributed by atoms with Crippen molar-refractivity contribution in [2.75, 3.05) is 27.2 Å². The molecule has 4 nitrogen and oxygen atoms in total. The molecule has 4 heteroatoms. The van der Waals surface area contributed by atoms with E-state index >= 15 is 0 Å². The van der Waals surface area contributed by atoms with E-state index in [1.807, 2.05) is 14.1 Å². The number of amides is 1. The molecule has 2 unspecified atom stereocenters. The lowest BCUT2D eigenvalue weighted by atomic mass is 9.97. The summed E-state index contributed by atoms with van der Waals surface area (Å²) in [4.78, 5) is 16.0. The van der Waals surface area contributed by atoms with E-state index in [-0.39, 0.29) is 5.91 Å². The van der Waals surface area contributed by atoms with Gasteiger partial charge in [0.05, 0.1) is 0 Å². The number of piperidine rings is 1. The normalized spacial score (nSPS) is 30.6. The molecule has 0 aliphatic carbocycles. The lowest BCUT2D eigenvalue weighted by Gasteiger charge is -2.39. The summed E-state index contributed by atoms with van der Waals surface area (Å²) < 4.78 is 0. The second-order valence-corrected chi connectivity index (χ2v) is 6.28. The molecule has 19 heavy (non-hydrogen) atoms. The summed E-state index contributed by atoms with van der Waals surface area (Å²) in [5, 5.41) is 3.67. The van der Waals surface area contributed by atoms with Crippen molar-refractivity contribution in [3.63, 3.8) is 0 Å². The Morgan fingerprint density at radius 2 is 1.89 bits per heavy atom. The average Bonchev–Trinajstić information content (AvgIpc) is 2.63. The van der Waals surface area contributed by atoms with E-state index in [4.69, 9.17) is 0 Å². The van der Waals surface area contributed by atoms with Crippen molar-refractivity contribution in [2.24, 2.45) is 0 Å².